The molecule has 2 N–H and O–H groups in total. The van der Waals surface area contributed by atoms with Crippen LogP contribution in [-0.2, 0) is 15.9 Å². The Hall–Kier alpha value is -0.940. The van der Waals surface area contributed by atoms with Crippen LogP contribution in [0.5, 0.6) is 0 Å². The third-order valence-electron chi connectivity index (χ3n) is 5.52. The highest BCUT2D eigenvalue weighted by Crippen LogP contribution is 2.47. The Morgan fingerprint density at radius 2 is 1.86 bits per heavy atom. The second-order valence-electron chi connectivity index (χ2n) is 7.84. The lowest BCUT2D eigenvalue weighted by molar-refractivity contribution is -0.0740. The van der Waals surface area contributed by atoms with Gasteiger partial charge in [0.2, 0.25) is 11.7 Å². The molecule has 118 valence electrons. The maximum Gasteiger partial charge on any atom is 0.246 e. The van der Waals surface area contributed by atoms with Crippen molar-refractivity contribution in [2.24, 2.45) is 17.1 Å². The van der Waals surface area contributed by atoms with E-state index in [0.717, 1.165) is 38.5 Å². The monoisotopic (exact) mass is 293 g/mol. The Morgan fingerprint density at radius 1 is 1.24 bits per heavy atom. The zero-order valence-corrected chi connectivity index (χ0v) is 13.6. The van der Waals surface area contributed by atoms with Gasteiger partial charge >= 0.3 is 0 Å². The van der Waals surface area contributed by atoms with E-state index in [0.29, 0.717) is 23.0 Å². The zero-order chi connectivity index (χ0) is 15.3. The minimum atomic E-state index is -0.506. The van der Waals surface area contributed by atoms with Crippen molar-refractivity contribution in [2.45, 2.75) is 70.4 Å². The number of nitrogens with zero attached hydrogens (tertiary/aromatic N) is 2. The Bertz CT molecular complexity index is 507. The van der Waals surface area contributed by atoms with Crippen molar-refractivity contribution in [3.8, 4) is 0 Å². The Kier molecular flexibility index (Phi) is 3.41. The van der Waals surface area contributed by atoms with Gasteiger partial charge in [-0.1, -0.05) is 19.0 Å². The molecule has 0 amide bonds. The highest BCUT2D eigenvalue weighted by molar-refractivity contribution is 5.11. The standard InChI is InChI=1S/C16H27N3O2/c1-14(2)7-9-16(20-4,10-8-14)12-18-13(21-19-12)15(3,17)11-5-6-11/h11H,5-10,17H2,1-4H3. The number of ether oxygens (including phenoxy) is 1. The van der Waals surface area contributed by atoms with Gasteiger partial charge < -0.3 is 15.0 Å². The predicted octanol–water partition coefficient (Wildman–Crippen LogP) is 3.10. The molecule has 2 aliphatic rings. The summed E-state index contributed by atoms with van der Waals surface area (Å²) in [7, 11) is 1.75. The minimum Gasteiger partial charge on any atom is -0.370 e. The van der Waals surface area contributed by atoms with Crippen LogP contribution < -0.4 is 5.73 Å². The fourth-order valence-corrected chi connectivity index (χ4v) is 3.33. The van der Waals surface area contributed by atoms with Gasteiger partial charge in [0.15, 0.2) is 0 Å². The normalized spacial score (nSPS) is 27.3. The summed E-state index contributed by atoms with van der Waals surface area (Å²) in [6.45, 7) is 6.60. The van der Waals surface area contributed by atoms with Crippen LogP contribution in [0.15, 0.2) is 4.52 Å². The summed E-state index contributed by atoms with van der Waals surface area (Å²) in [5.41, 5.74) is 5.83. The van der Waals surface area contributed by atoms with E-state index in [2.05, 4.69) is 24.0 Å². The molecular weight excluding hydrogens is 266 g/mol. The predicted molar refractivity (Wildman–Crippen MR) is 79.5 cm³/mol. The maximum atomic E-state index is 6.38. The summed E-state index contributed by atoms with van der Waals surface area (Å²) < 4.78 is 11.3. The highest BCUT2D eigenvalue weighted by atomic mass is 16.5. The zero-order valence-electron chi connectivity index (χ0n) is 13.6. The molecule has 1 aromatic heterocycles. The van der Waals surface area contributed by atoms with Crippen LogP contribution in [0, 0.1) is 11.3 Å². The van der Waals surface area contributed by atoms with E-state index < -0.39 is 11.1 Å². The van der Waals surface area contributed by atoms with Crippen molar-refractivity contribution in [1.29, 1.82) is 0 Å². The number of hydrogen-bond donors (Lipinski definition) is 1. The van der Waals surface area contributed by atoms with Crippen LogP contribution in [0.25, 0.3) is 0 Å². The molecule has 1 unspecified atom stereocenters. The van der Waals surface area contributed by atoms with E-state index in [1.807, 2.05) is 6.92 Å². The average Bonchev–Trinajstić information content (AvgIpc) is 3.18. The van der Waals surface area contributed by atoms with E-state index >= 15 is 0 Å². The van der Waals surface area contributed by atoms with E-state index in [4.69, 9.17) is 15.0 Å². The van der Waals surface area contributed by atoms with Gasteiger partial charge in [-0.2, -0.15) is 4.98 Å². The lowest BCUT2D eigenvalue weighted by Crippen LogP contribution is -2.38. The summed E-state index contributed by atoms with van der Waals surface area (Å²) in [5, 5.41) is 4.22. The second-order valence-corrected chi connectivity index (χ2v) is 7.84. The van der Waals surface area contributed by atoms with Gasteiger partial charge in [-0.3, -0.25) is 0 Å². The summed E-state index contributed by atoms with van der Waals surface area (Å²) >= 11 is 0. The summed E-state index contributed by atoms with van der Waals surface area (Å²) in [5.74, 6) is 1.70. The first-order chi connectivity index (χ1) is 9.79. The van der Waals surface area contributed by atoms with E-state index in [1.54, 1.807) is 7.11 Å². The third kappa shape index (κ3) is 2.61. The number of hydrogen-bond acceptors (Lipinski definition) is 5. The molecule has 5 heteroatoms. The molecule has 1 aromatic rings. The molecule has 0 spiro atoms. The highest BCUT2D eigenvalue weighted by Gasteiger charge is 2.47. The van der Waals surface area contributed by atoms with Crippen molar-refractivity contribution in [3.63, 3.8) is 0 Å². The minimum absolute atomic E-state index is 0.366. The Labute approximate surface area is 126 Å². The van der Waals surface area contributed by atoms with Gasteiger partial charge in [-0.15, -0.1) is 0 Å². The van der Waals surface area contributed by atoms with Crippen molar-refractivity contribution in [2.75, 3.05) is 7.11 Å². The topological polar surface area (TPSA) is 74.2 Å². The molecule has 2 saturated carbocycles. The third-order valence-corrected chi connectivity index (χ3v) is 5.52. The van der Waals surface area contributed by atoms with E-state index in [9.17, 15) is 0 Å². The van der Waals surface area contributed by atoms with Gasteiger partial charge in [0.1, 0.15) is 5.60 Å². The lowest BCUT2D eigenvalue weighted by atomic mass is 9.70. The molecular formula is C16H27N3O2. The van der Waals surface area contributed by atoms with Crippen LogP contribution in [-0.4, -0.2) is 17.3 Å². The van der Waals surface area contributed by atoms with Crippen molar-refractivity contribution in [3.05, 3.63) is 11.7 Å². The summed E-state index contributed by atoms with van der Waals surface area (Å²) in [4.78, 5) is 4.63. The van der Waals surface area contributed by atoms with E-state index in [-0.39, 0.29) is 0 Å². The van der Waals surface area contributed by atoms with E-state index in [1.165, 1.54) is 0 Å². The van der Waals surface area contributed by atoms with Crippen molar-refractivity contribution >= 4 is 0 Å². The van der Waals surface area contributed by atoms with Gasteiger partial charge in [0, 0.05) is 7.11 Å². The van der Waals surface area contributed by atoms with Gasteiger partial charge in [-0.05, 0) is 56.8 Å². The fraction of sp³-hybridized carbons (Fsp3) is 0.875. The number of rotatable bonds is 4. The second kappa shape index (κ2) is 4.78. The molecule has 0 aliphatic heterocycles. The van der Waals surface area contributed by atoms with Crippen LogP contribution in [0.1, 0.15) is 71.0 Å². The quantitative estimate of drug-likeness (QED) is 0.923. The first kappa shape index (κ1) is 15.0. The van der Waals surface area contributed by atoms with Crippen molar-refractivity contribution in [1.82, 2.24) is 10.1 Å². The molecule has 0 radical (unpaired) electrons. The van der Waals surface area contributed by atoms with Crippen LogP contribution in [0.3, 0.4) is 0 Å². The smallest absolute Gasteiger partial charge is 0.246 e. The van der Waals surface area contributed by atoms with Crippen LogP contribution >= 0.6 is 0 Å². The molecule has 3 rings (SSSR count). The molecule has 0 bridgehead atoms. The van der Waals surface area contributed by atoms with Gasteiger partial charge in [-0.25, -0.2) is 0 Å². The number of nitrogens with two attached hydrogens (primary N) is 1. The first-order valence-corrected chi connectivity index (χ1v) is 7.98. The Morgan fingerprint density at radius 3 is 2.38 bits per heavy atom. The molecule has 1 heterocycles. The van der Waals surface area contributed by atoms with Gasteiger partial charge in [0.25, 0.3) is 0 Å². The summed E-state index contributed by atoms with van der Waals surface area (Å²) in [6.07, 6.45) is 6.36. The van der Waals surface area contributed by atoms with Crippen LogP contribution in [0.2, 0.25) is 0 Å². The fourth-order valence-electron chi connectivity index (χ4n) is 3.33. The number of methoxy groups -OCH3 is 1. The van der Waals surface area contributed by atoms with Crippen molar-refractivity contribution < 1.29 is 9.26 Å². The summed E-state index contributed by atoms with van der Waals surface area (Å²) in [6, 6.07) is 0. The molecule has 0 saturated heterocycles. The molecule has 2 fully saturated rings. The largest absolute Gasteiger partial charge is 0.370 e. The molecule has 1 atom stereocenters. The molecule has 0 aromatic carbocycles. The van der Waals surface area contributed by atoms with Gasteiger partial charge in [0.05, 0.1) is 5.54 Å². The first-order valence-electron chi connectivity index (χ1n) is 7.98. The lowest BCUT2D eigenvalue weighted by Gasteiger charge is -2.40. The number of aromatic nitrogens is 2. The SMILES string of the molecule is COC1(c2noc(C(C)(N)C3CC3)n2)CCC(C)(C)CC1. The molecule has 2 aliphatic carbocycles. The average molecular weight is 293 g/mol. The molecule has 21 heavy (non-hydrogen) atoms. The maximum absolute atomic E-state index is 6.38. The van der Waals surface area contributed by atoms with Crippen LogP contribution in [0.4, 0.5) is 0 Å². The Balaban J connectivity index is 1.84. The molecule has 5 nitrogen and oxygen atoms in total.